The first-order valence-corrected chi connectivity index (χ1v) is 7.20. The van der Waals surface area contributed by atoms with Gasteiger partial charge in [0.1, 0.15) is 24.8 Å². The normalized spacial score (nSPS) is 12.6. The van der Waals surface area contributed by atoms with E-state index in [1.165, 1.54) is 6.07 Å². The second-order valence-corrected chi connectivity index (χ2v) is 5.11. The van der Waals surface area contributed by atoms with Crippen molar-refractivity contribution in [2.45, 2.75) is 6.92 Å². The largest absolute Gasteiger partial charge is 0.486 e. The van der Waals surface area contributed by atoms with Gasteiger partial charge >= 0.3 is 0 Å². The minimum absolute atomic E-state index is 0.185. The van der Waals surface area contributed by atoms with Crippen molar-refractivity contribution in [3.8, 4) is 17.2 Å². The zero-order valence-corrected chi connectivity index (χ0v) is 12.6. The summed E-state index contributed by atoms with van der Waals surface area (Å²) in [6.07, 6.45) is 0. The lowest BCUT2D eigenvalue weighted by atomic mass is 10.2. The van der Waals surface area contributed by atoms with Gasteiger partial charge in [0, 0.05) is 11.8 Å². The second-order valence-electron chi connectivity index (χ2n) is 5.11. The molecule has 1 N–H and O–H groups in total. The predicted molar refractivity (Wildman–Crippen MR) is 82.7 cm³/mol. The summed E-state index contributed by atoms with van der Waals surface area (Å²) in [6.45, 7) is 2.47. The van der Waals surface area contributed by atoms with E-state index in [2.05, 4.69) is 5.32 Å². The van der Waals surface area contributed by atoms with E-state index in [-0.39, 0.29) is 18.3 Å². The molecule has 120 valence electrons. The van der Waals surface area contributed by atoms with Crippen LogP contribution in [0.2, 0.25) is 0 Å². The Kier molecular flexibility index (Phi) is 4.32. The van der Waals surface area contributed by atoms with Crippen molar-refractivity contribution in [1.29, 1.82) is 0 Å². The number of benzene rings is 2. The molecule has 1 heterocycles. The van der Waals surface area contributed by atoms with Gasteiger partial charge in [0.2, 0.25) is 0 Å². The molecule has 1 amide bonds. The fourth-order valence-corrected chi connectivity index (χ4v) is 2.13. The molecule has 5 nitrogen and oxygen atoms in total. The van der Waals surface area contributed by atoms with Gasteiger partial charge in [0.25, 0.3) is 5.91 Å². The number of rotatable bonds is 4. The van der Waals surface area contributed by atoms with Crippen LogP contribution in [0.3, 0.4) is 0 Å². The van der Waals surface area contributed by atoms with E-state index >= 15 is 0 Å². The third kappa shape index (κ3) is 3.71. The molecule has 1 aliphatic heterocycles. The number of hydrogen-bond donors (Lipinski definition) is 1. The highest BCUT2D eigenvalue weighted by atomic mass is 19.1. The monoisotopic (exact) mass is 317 g/mol. The van der Waals surface area contributed by atoms with Crippen LogP contribution in [0.25, 0.3) is 0 Å². The topological polar surface area (TPSA) is 56.8 Å². The number of fused-ring (bicyclic) bond motifs is 1. The van der Waals surface area contributed by atoms with Crippen molar-refractivity contribution in [1.82, 2.24) is 0 Å². The molecule has 0 aliphatic carbocycles. The number of hydrogen-bond acceptors (Lipinski definition) is 4. The molecular formula is C17H16FNO4. The number of anilines is 1. The smallest absolute Gasteiger partial charge is 0.262 e. The first-order valence-electron chi connectivity index (χ1n) is 7.20. The highest BCUT2D eigenvalue weighted by Gasteiger charge is 2.13. The first kappa shape index (κ1) is 15.1. The quantitative estimate of drug-likeness (QED) is 0.942. The summed E-state index contributed by atoms with van der Waals surface area (Å²) < 4.78 is 29.7. The molecule has 0 saturated heterocycles. The van der Waals surface area contributed by atoms with Gasteiger partial charge in [-0.1, -0.05) is 6.07 Å². The Labute approximate surface area is 133 Å². The Balaban J connectivity index is 1.57. The zero-order valence-electron chi connectivity index (χ0n) is 12.6. The van der Waals surface area contributed by atoms with Crippen molar-refractivity contribution >= 4 is 11.6 Å². The number of amides is 1. The van der Waals surface area contributed by atoms with E-state index in [1.807, 2.05) is 0 Å². The molecule has 0 bridgehead atoms. The van der Waals surface area contributed by atoms with E-state index in [0.717, 1.165) is 0 Å². The molecule has 0 unspecified atom stereocenters. The molecule has 0 spiro atoms. The fraction of sp³-hybridized carbons (Fsp3) is 0.235. The Hall–Kier alpha value is -2.76. The summed E-state index contributed by atoms with van der Waals surface area (Å²) in [5, 5.41) is 2.58. The predicted octanol–water partition coefficient (Wildman–Crippen LogP) is 2.92. The van der Waals surface area contributed by atoms with E-state index < -0.39 is 0 Å². The molecule has 1 aliphatic rings. The Morgan fingerprint density at radius 2 is 1.96 bits per heavy atom. The highest BCUT2D eigenvalue weighted by Crippen LogP contribution is 2.33. The maximum absolute atomic E-state index is 13.4. The first-order chi connectivity index (χ1) is 11.1. The van der Waals surface area contributed by atoms with Crippen LogP contribution in [0.5, 0.6) is 17.2 Å². The number of halogens is 1. The van der Waals surface area contributed by atoms with E-state index in [9.17, 15) is 9.18 Å². The molecule has 0 aromatic heterocycles. The van der Waals surface area contributed by atoms with Gasteiger partial charge < -0.3 is 19.5 Å². The summed E-state index contributed by atoms with van der Waals surface area (Å²) in [6, 6.07) is 9.63. The van der Waals surface area contributed by atoms with Crippen LogP contribution in [0, 0.1) is 12.7 Å². The molecule has 2 aromatic rings. The molecule has 0 fully saturated rings. The van der Waals surface area contributed by atoms with Gasteiger partial charge in [-0.2, -0.15) is 0 Å². The van der Waals surface area contributed by atoms with Gasteiger partial charge in [0.15, 0.2) is 18.1 Å². The lowest BCUT2D eigenvalue weighted by Crippen LogP contribution is -2.20. The summed E-state index contributed by atoms with van der Waals surface area (Å²) in [5.41, 5.74) is 0.916. The van der Waals surface area contributed by atoms with Crippen LogP contribution in [-0.2, 0) is 4.79 Å². The van der Waals surface area contributed by atoms with Crippen molar-refractivity contribution < 1.29 is 23.4 Å². The average Bonchev–Trinajstić information content (AvgIpc) is 2.56. The molecule has 6 heteroatoms. The van der Waals surface area contributed by atoms with Crippen molar-refractivity contribution in [3.05, 3.63) is 47.8 Å². The van der Waals surface area contributed by atoms with Crippen LogP contribution in [-0.4, -0.2) is 25.7 Å². The number of carbonyl (C=O) groups excluding carboxylic acids is 1. The molecule has 23 heavy (non-hydrogen) atoms. The molecule has 0 atom stereocenters. The summed E-state index contributed by atoms with van der Waals surface area (Å²) in [7, 11) is 0. The minimum atomic E-state index is -0.372. The van der Waals surface area contributed by atoms with Crippen LogP contribution < -0.4 is 19.5 Å². The lowest BCUT2D eigenvalue weighted by molar-refractivity contribution is -0.118. The standard InChI is InChI=1S/C17H16FNO4/c1-11-2-3-12(8-14(11)18)19-17(20)10-23-13-4-5-15-16(9-13)22-7-6-21-15/h2-5,8-9H,6-7,10H2,1H3,(H,19,20). The third-order valence-corrected chi connectivity index (χ3v) is 3.34. The van der Waals surface area contributed by atoms with Crippen LogP contribution in [0.15, 0.2) is 36.4 Å². The summed E-state index contributed by atoms with van der Waals surface area (Å²) in [4.78, 5) is 11.9. The van der Waals surface area contributed by atoms with Gasteiger partial charge in [-0.05, 0) is 36.8 Å². The SMILES string of the molecule is Cc1ccc(NC(=O)COc2ccc3c(c2)OCCO3)cc1F. The van der Waals surface area contributed by atoms with Gasteiger partial charge in [0.05, 0.1) is 0 Å². The molecule has 3 rings (SSSR count). The second kappa shape index (κ2) is 6.56. The van der Waals surface area contributed by atoms with E-state index in [0.29, 0.717) is 41.7 Å². The van der Waals surface area contributed by atoms with E-state index in [4.69, 9.17) is 14.2 Å². The summed E-state index contributed by atoms with van der Waals surface area (Å²) >= 11 is 0. The zero-order chi connectivity index (χ0) is 16.2. The number of carbonyl (C=O) groups is 1. The van der Waals surface area contributed by atoms with Gasteiger partial charge in [-0.25, -0.2) is 4.39 Å². The molecule has 2 aromatic carbocycles. The van der Waals surface area contributed by atoms with Crippen LogP contribution in [0.1, 0.15) is 5.56 Å². The van der Waals surface area contributed by atoms with Crippen molar-refractivity contribution in [2.75, 3.05) is 25.1 Å². The number of nitrogens with one attached hydrogen (secondary N) is 1. The maximum Gasteiger partial charge on any atom is 0.262 e. The van der Waals surface area contributed by atoms with Crippen LogP contribution in [0.4, 0.5) is 10.1 Å². The van der Waals surface area contributed by atoms with Gasteiger partial charge in [-0.15, -0.1) is 0 Å². The number of aryl methyl sites for hydroxylation is 1. The maximum atomic E-state index is 13.4. The van der Waals surface area contributed by atoms with E-state index in [1.54, 1.807) is 37.3 Å². The van der Waals surface area contributed by atoms with Gasteiger partial charge in [-0.3, -0.25) is 4.79 Å². The molecule has 0 radical (unpaired) electrons. The average molecular weight is 317 g/mol. The van der Waals surface area contributed by atoms with Crippen molar-refractivity contribution in [2.24, 2.45) is 0 Å². The fourth-order valence-electron chi connectivity index (χ4n) is 2.13. The third-order valence-electron chi connectivity index (χ3n) is 3.34. The minimum Gasteiger partial charge on any atom is -0.486 e. The molecular weight excluding hydrogens is 301 g/mol. The Morgan fingerprint density at radius 1 is 1.17 bits per heavy atom. The van der Waals surface area contributed by atoms with Crippen molar-refractivity contribution in [3.63, 3.8) is 0 Å². The highest BCUT2D eigenvalue weighted by molar-refractivity contribution is 5.91. The van der Waals surface area contributed by atoms with Crippen LogP contribution >= 0.6 is 0 Å². The Bertz CT molecular complexity index is 733. The molecule has 0 saturated carbocycles. The summed E-state index contributed by atoms with van der Waals surface area (Å²) in [5.74, 6) is 1.01. The number of ether oxygens (including phenoxy) is 3. The lowest BCUT2D eigenvalue weighted by Gasteiger charge is -2.18. The Morgan fingerprint density at radius 3 is 2.74 bits per heavy atom.